The summed E-state index contributed by atoms with van der Waals surface area (Å²) in [5.74, 6) is 0.440. The average Bonchev–Trinajstić information content (AvgIpc) is 2.28. The molecule has 0 fully saturated rings. The number of carbonyl (C=O) groups excluding carboxylic acids is 1. The molecule has 6 heteroatoms. The summed E-state index contributed by atoms with van der Waals surface area (Å²) < 4.78 is 0. The second kappa shape index (κ2) is 4.65. The number of nitrogens with zero attached hydrogens (tertiary/aromatic N) is 2. The minimum atomic E-state index is -0.165. The van der Waals surface area contributed by atoms with Crippen molar-refractivity contribution < 1.29 is 4.79 Å². The molecular formula is C10H13ClN4O. The van der Waals surface area contributed by atoms with E-state index in [0.29, 0.717) is 11.0 Å². The number of anilines is 1. The van der Waals surface area contributed by atoms with Gasteiger partial charge in [-0.05, 0) is 31.2 Å². The fraction of sp³-hybridized carbons (Fsp3) is 0.500. The second-order valence-electron chi connectivity index (χ2n) is 3.81. The number of hydrogen-bond donors (Lipinski definition) is 2. The zero-order chi connectivity index (χ0) is 11.5. The monoisotopic (exact) mass is 240 g/mol. The third kappa shape index (κ3) is 2.24. The fourth-order valence-electron chi connectivity index (χ4n) is 1.86. The van der Waals surface area contributed by atoms with Crippen LogP contribution in [0.3, 0.4) is 0 Å². The zero-order valence-electron chi connectivity index (χ0n) is 9.01. The van der Waals surface area contributed by atoms with Gasteiger partial charge in [-0.25, -0.2) is 0 Å². The molecule has 0 saturated carbocycles. The average molecular weight is 241 g/mol. The first-order valence-electron chi connectivity index (χ1n) is 5.25. The summed E-state index contributed by atoms with van der Waals surface area (Å²) in [5.41, 5.74) is 7.39. The number of aromatic nitrogens is 2. The van der Waals surface area contributed by atoms with Gasteiger partial charge in [0.25, 0.3) is 0 Å². The Labute approximate surface area is 98.6 Å². The molecule has 16 heavy (non-hydrogen) atoms. The molecule has 0 saturated heterocycles. The fourth-order valence-corrected chi connectivity index (χ4v) is 2.10. The highest BCUT2D eigenvalue weighted by Crippen LogP contribution is 2.29. The van der Waals surface area contributed by atoms with Crippen molar-refractivity contribution in [1.29, 1.82) is 0 Å². The summed E-state index contributed by atoms with van der Waals surface area (Å²) in [6.07, 6.45) is 4.09. The van der Waals surface area contributed by atoms with Gasteiger partial charge in [-0.1, -0.05) is 11.6 Å². The predicted molar refractivity (Wildman–Crippen MR) is 61.1 cm³/mol. The highest BCUT2D eigenvalue weighted by atomic mass is 35.5. The molecule has 1 aromatic heterocycles. The van der Waals surface area contributed by atoms with Crippen LogP contribution >= 0.6 is 11.6 Å². The van der Waals surface area contributed by atoms with Crippen LogP contribution in [0.15, 0.2) is 0 Å². The Morgan fingerprint density at radius 2 is 1.94 bits per heavy atom. The lowest BCUT2D eigenvalue weighted by Crippen LogP contribution is -2.28. The molecule has 0 aliphatic heterocycles. The van der Waals surface area contributed by atoms with Crippen molar-refractivity contribution in [3.8, 4) is 0 Å². The minimum absolute atomic E-state index is 0.165. The van der Waals surface area contributed by atoms with Crippen LogP contribution in [0.1, 0.15) is 30.9 Å². The summed E-state index contributed by atoms with van der Waals surface area (Å²) in [5, 5.41) is 8.30. The number of hydrogen-bond acceptors (Lipinski definition) is 4. The molecule has 1 aliphatic rings. The molecule has 2 rings (SSSR count). The van der Waals surface area contributed by atoms with E-state index in [1.165, 1.54) is 6.92 Å². The van der Waals surface area contributed by atoms with Crippen molar-refractivity contribution in [3.05, 3.63) is 16.3 Å². The molecule has 0 aromatic carbocycles. The third-order valence-electron chi connectivity index (χ3n) is 2.60. The molecule has 0 radical (unpaired) electrons. The van der Waals surface area contributed by atoms with Crippen LogP contribution in [0.2, 0.25) is 5.15 Å². The quantitative estimate of drug-likeness (QED) is 0.769. The van der Waals surface area contributed by atoms with Crippen LogP contribution in [0.25, 0.3) is 0 Å². The van der Waals surface area contributed by atoms with E-state index in [-0.39, 0.29) is 5.91 Å². The number of hydrazine groups is 1. The molecular weight excluding hydrogens is 228 g/mol. The molecule has 86 valence electrons. The van der Waals surface area contributed by atoms with E-state index in [4.69, 9.17) is 11.6 Å². The topological polar surface area (TPSA) is 66.9 Å². The van der Waals surface area contributed by atoms with Gasteiger partial charge in [0.2, 0.25) is 5.91 Å². The van der Waals surface area contributed by atoms with Crippen LogP contribution < -0.4 is 10.9 Å². The Morgan fingerprint density at radius 3 is 2.62 bits per heavy atom. The number of fused-ring (bicyclic) bond motifs is 1. The molecule has 1 aromatic rings. The lowest BCUT2D eigenvalue weighted by Gasteiger charge is -2.19. The van der Waals surface area contributed by atoms with E-state index in [1.54, 1.807) is 0 Å². The Bertz CT molecular complexity index is 422. The van der Waals surface area contributed by atoms with Crippen LogP contribution in [-0.4, -0.2) is 16.1 Å². The summed E-state index contributed by atoms with van der Waals surface area (Å²) in [6, 6.07) is 0. The summed E-state index contributed by atoms with van der Waals surface area (Å²) in [7, 11) is 0. The molecule has 1 amide bonds. The van der Waals surface area contributed by atoms with Crippen molar-refractivity contribution in [2.24, 2.45) is 0 Å². The molecule has 0 bridgehead atoms. The Kier molecular flexibility index (Phi) is 3.24. The van der Waals surface area contributed by atoms with Gasteiger partial charge < -0.3 is 0 Å². The maximum absolute atomic E-state index is 10.8. The Morgan fingerprint density at radius 1 is 1.25 bits per heavy atom. The minimum Gasteiger partial charge on any atom is -0.280 e. The Balaban J connectivity index is 2.28. The number of halogens is 1. The van der Waals surface area contributed by atoms with E-state index < -0.39 is 0 Å². The maximum Gasteiger partial charge on any atom is 0.235 e. The molecule has 0 spiro atoms. The van der Waals surface area contributed by atoms with Gasteiger partial charge in [0.15, 0.2) is 11.0 Å². The molecule has 5 nitrogen and oxygen atoms in total. The van der Waals surface area contributed by atoms with Gasteiger partial charge >= 0.3 is 0 Å². The van der Waals surface area contributed by atoms with E-state index in [0.717, 1.165) is 36.8 Å². The summed E-state index contributed by atoms with van der Waals surface area (Å²) >= 11 is 5.99. The van der Waals surface area contributed by atoms with Gasteiger partial charge in [0.05, 0.1) is 0 Å². The summed E-state index contributed by atoms with van der Waals surface area (Å²) in [6.45, 7) is 1.43. The number of amides is 1. The van der Waals surface area contributed by atoms with Crippen molar-refractivity contribution in [3.63, 3.8) is 0 Å². The van der Waals surface area contributed by atoms with Crippen molar-refractivity contribution >= 4 is 23.3 Å². The zero-order valence-corrected chi connectivity index (χ0v) is 9.76. The van der Waals surface area contributed by atoms with Crippen LogP contribution in [-0.2, 0) is 17.6 Å². The van der Waals surface area contributed by atoms with Gasteiger partial charge in [-0.2, -0.15) is 0 Å². The molecule has 1 heterocycles. The first-order chi connectivity index (χ1) is 7.68. The molecule has 0 atom stereocenters. The number of rotatable bonds is 2. The first-order valence-corrected chi connectivity index (χ1v) is 5.63. The number of carbonyl (C=O) groups is 1. The highest BCUT2D eigenvalue weighted by molar-refractivity contribution is 6.30. The van der Waals surface area contributed by atoms with Gasteiger partial charge in [-0.15, -0.1) is 10.2 Å². The second-order valence-corrected chi connectivity index (χ2v) is 4.17. The normalized spacial score (nSPS) is 14.1. The predicted octanol–water partition coefficient (Wildman–Crippen LogP) is 1.47. The summed E-state index contributed by atoms with van der Waals surface area (Å²) in [4.78, 5) is 10.8. The maximum atomic E-state index is 10.8. The molecule has 0 unspecified atom stereocenters. The highest BCUT2D eigenvalue weighted by Gasteiger charge is 2.18. The SMILES string of the molecule is CC(=O)NNc1nnc(Cl)c2c1CCCC2. The first kappa shape index (κ1) is 11.1. The smallest absolute Gasteiger partial charge is 0.235 e. The molecule has 1 aliphatic carbocycles. The van der Waals surface area contributed by atoms with E-state index in [1.807, 2.05) is 0 Å². The largest absolute Gasteiger partial charge is 0.280 e. The molecule has 2 N–H and O–H groups in total. The Hall–Kier alpha value is -1.36. The van der Waals surface area contributed by atoms with Gasteiger partial charge in [0, 0.05) is 12.5 Å². The lowest BCUT2D eigenvalue weighted by molar-refractivity contribution is -0.118. The third-order valence-corrected chi connectivity index (χ3v) is 2.90. The van der Waals surface area contributed by atoms with E-state index in [9.17, 15) is 4.79 Å². The van der Waals surface area contributed by atoms with Gasteiger partial charge in [-0.3, -0.25) is 15.6 Å². The van der Waals surface area contributed by atoms with Crippen molar-refractivity contribution in [2.75, 3.05) is 5.43 Å². The lowest BCUT2D eigenvalue weighted by atomic mass is 9.94. The number of nitrogens with one attached hydrogen (secondary N) is 2. The standard InChI is InChI=1S/C10H13ClN4O/c1-6(16)12-14-10-8-5-3-2-4-7(8)9(11)13-15-10/h2-5H2,1H3,(H,12,16)(H,14,15). The van der Waals surface area contributed by atoms with Crippen LogP contribution in [0.4, 0.5) is 5.82 Å². The van der Waals surface area contributed by atoms with Crippen LogP contribution in [0.5, 0.6) is 0 Å². The van der Waals surface area contributed by atoms with Crippen LogP contribution in [0, 0.1) is 0 Å². The van der Waals surface area contributed by atoms with Gasteiger partial charge in [0.1, 0.15) is 0 Å². The van der Waals surface area contributed by atoms with E-state index >= 15 is 0 Å². The van der Waals surface area contributed by atoms with Crippen molar-refractivity contribution in [2.45, 2.75) is 32.6 Å². The van der Waals surface area contributed by atoms with E-state index in [2.05, 4.69) is 21.0 Å². The van der Waals surface area contributed by atoms with Crippen molar-refractivity contribution in [1.82, 2.24) is 15.6 Å².